The van der Waals surface area contributed by atoms with E-state index in [0.29, 0.717) is 23.8 Å². The summed E-state index contributed by atoms with van der Waals surface area (Å²) in [5.74, 6) is -0.369. The number of ether oxygens (including phenoxy) is 2. The van der Waals surface area contributed by atoms with Crippen LogP contribution in [0.2, 0.25) is 5.02 Å². The van der Waals surface area contributed by atoms with Crippen LogP contribution in [-0.2, 0) is 9.47 Å². The molecule has 1 aromatic carbocycles. The standard InChI is InChI=1S/C13H17ClO3/c1-2-3-7-16-8-9-17-13(15)11-5-4-6-12(14)10-11/h4-6,10H,2-3,7-9H2,1H3. The van der Waals surface area contributed by atoms with Crippen molar-refractivity contribution in [3.63, 3.8) is 0 Å². The van der Waals surface area contributed by atoms with Crippen molar-refractivity contribution in [2.45, 2.75) is 19.8 Å². The highest BCUT2D eigenvalue weighted by molar-refractivity contribution is 6.30. The molecule has 0 aliphatic carbocycles. The topological polar surface area (TPSA) is 35.5 Å². The summed E-state index contributed by atoms with van der Waals surface area (Å²) in [6, 6.07) is 6.69. The molecule has 0 radical (unpaired) electrons. The average molecular weight is 257 g/mol. The molecule has 0 aliphatic heterocycles. The minimum Gasteiger partial charge on any atom is -0.460 e. The lowest BCUT2D eigenvalue weighted by Crippen LogP contribution is -2.11. The minimum atomic E-state index is -0.369. The summed E-state index contributed by atoms with van der Waals surface area (Å²) in [5.41, 5.74) is 0.464. The van der Waals surface area contributed by atoms with Crippen LogP contribution in [-0.4, -0.2) is 25.8 Å². The van der Waals surface area contributed by atoms with Crippen LogP contribution in [0.15, 0.2) is 24.3 Å². The van der Waals surface area contributed by atoms with E-state index in [-0.39, 0.29) is 12.6 Å². The first-order chi connectivity index (χ1) is 8.24. The fraction of sp³-hybridized carbons (Fsp3) is 0.462. The van der Waals surface area contributed by atoms with Crippen LogP contribution < -0.4 is 0 Å². The second kappa shape index (κ2) is 8.09. The molecule has 0 atom stereocenters. The third-order valence-corrected chi connectivity index (χ3v) is 2.40. The summed E-state index contributed by atoms with van der Waals surface area (Å²) in [4.78, 5) is 11.5. The van der Waals surface area contributed by atoms with Crippen molar-refractivity contribution in [2.75, 3.05) is 19.8 Å². The van der Waals surface area contributed by atoms with E-state index in [9.17, 15) is 4.79 Å². The van der Waals surface area contributed by atoms with Crippen molar-refractivity contribution in [3.8, 4) is 0 Å². The van der Waals surface area contributed by atoms with E-state index in [0.717, 1.165) is 12.8 Å². The molecule has 1 aromatic rings. The number of esters is 1. The Morgan fingerprint density at radius 2 is 2.12 bits per heavy atom. The van der Waals surface area contributed by atoms with Crippen molar-refractivity contribution in [1.82, 2.24) is 0 Å². The molecule has 4 heteroatoms. The van der Waals surface area contributed by atoms with Crippen molar-refractivity contribution in [3.05, 3.63) is 34.9 Å². The molecular formula is C13H17ClO3. The van der Waals surface area contributed by atoms with Gasteiger partial charge in [0.1, 0.15) is 6.61 Å². The van der Waals surface area contributed by atoms with E-state index < -0.39 is 0 Å². The first-order valence-electron chi connectivity index (χ1n) is 5.74. The van der Waals surface area contributed by atoms with Crippen molar-refractivity contribution in [1.29, 1.82) is 0 Å². The maximum absolute atomic E-state index is 11.5. The number of rotatable bonds is 7. The lowest BCUT2D eigenvalue weighted by Gasteiger charge is -2.05. The third-order valence-electron chi connectivity index (χ3n) is 2.16. The van der Waals surface area contributed by atoms with E-state index >= 15 is 0 Å². The Kier molecular flexibility index (Phi) is 6.67. The van der Waals surface area contributed by atoms with Gasteiger partial charge in [0, 0.05) is 11.6 Å². The maximum Gasteiger partial charge on any atom is 0.338 e. The van der Waals surface area contributed by atoms with Gasteiger partial charge in [0.15, 0.2) is 0 Å². The van der Waals surface area contributed by atoms with Gasteiger partial charge in [0.25, 0.3) is 0 Å². The average Bonchev–Trinajstić information content (AvgIpc) is 2.33. The lowest BCUT2D eigenvalue weighted by atomic mass is 10.2. The highest BCUT2D eigenvalue weighted by atomic mass is 35.5. The van der Waals surface area contributed by atoms with Gasteiger partial charge in [-0.2, -0.15) is 0 Å². The normalized spacial score (nSPS) is 10.2. The molecule has 0 N–H and O–H groups in total. The molecule has 0 aromatic heterocycles. The predicted molar refractivity (Wildman–Crippen MR) is 67.5 cm³/mol. The molecule has 0 spiro atoms. The number of hydrogen-bond acceptors (Lipinski definition) is 3. The van der Waals surface area contributed by atoms with Crippen LogP contribution in [0.3, 0.4) is 0 Å². The van der Waals surface area contributed by atoms with Gasteiger partial charge in [0.2, 0.25) is 0 Å². The Labute approximate surface area is 107 Å². The smallest absolute Gasteiger partial charge is 0.338 e. The largest absolute Gasteiger partial charge is 0.460 e. The molecule has 0 aliphatic rings. The Hall–Kier alpha value is -1.06. The van der Waals surface area contributed by atoms with Gasteiger partial charge in [-0.1, -0.05) is 31.0 Å². The van der Waals surface area contributed by atoms with Crippen LogP contribution in [0, 0.1) is 0 Å². The second-order valence-corrected chi connectivity index (χ2v) is 4.05. The van der Waals surface area contributed by atoms with Crippen LogP contribution in [0.1, 0.15) is 30.1 Å². The summed E-state index contributed by atoms with van der Waals surface area (Å²) >= 11 is 5.77. The predicted octanol–water partition coefficient (Wildman–Crippen LogP) is 3.31. The van der Waals surface area contributed by atoms with Crippen LogP contribution in [0.5, 0.6) is 0 Å². The number of unbranched alkanes of at least 4 members (excludes halogenated alkanes) is 1. The van der Waals surface area contributed by atoms with Gasteiger partial charge >= 0.3 is 5.97 Å². The number of halogens is 1. The van der Waals surface area contributed by atoms with Crippen LogP contribution in [0.4, 0.5) is 0 Å². The zero-order valence-corrected chi connectivity index (χ0v) is 10.7. The first-order valence-corrected chi connectivity index (χ1v) is 6.12. The highest BCUT2D eigenvalue weighted by Crippen LogP contribution is 2.11. The number of benzene rings is 1. The Morgan fingerprint density at radius 1 is 1.29 bits per heavy atom. The summed E-state index contributed by atoms with van der Waals surface area (Å²) < 4.78 is 10.3. The molecule has 0 heterocycles. The van der Waals surface area contributed by atoms with Crippen molar-refractivity contribution in [2.24, 2.45) is 0 Å². The third kappa shape index (κ3) is 5.71. The van der Waals surface area contributed by atoms with Gasteiger partial charge in [-0.25, -0.2) is 4.79 Å². The summed E-state index contributed by atoms with van der Waals surface area (Å²) in [7, 11) is 0. The Bertz CT molecular complexity index is 352. The Morgan fingerprint density at radius 3 is 2.82 bits per heavy atom. The zero-order chi connectivity index (χ0) is 12.5. The highest BCUT2D eigenvalue weighted by Gasteiger charge is 2.06. The number of carbonyl (C=O) groups is 1. The maximum atomic E-state index is 11.5. The van der Waals surface area contributed by atoms with E-state index in [4.69, 9.17) is 21.1 Å². The quantitative estimate of drug-likeness (QED) is 0.555. The van der Waals surface area contributed by atoms with E-state index in [2.05, 4.69) is 6.92 Å². The molecule has 0 amide bonds. The van der Waals surface area contributed by atoms with E-state index in [1.54, 1.807) is 24.3 Å². The van der Waals surface area contributed by atoms with Gasteiger partial charge in [-0.15, -0.1) is 0 Å². The lowest BCUT2D eigenvalue weighted by molar-refractivity contribution is 0.0314. The minimum absolute atomic E-state index is 0.273. The molecule has 0 saturated heterocycles. The van der Waals surface area contributed by atoms with Gasteiger partial charge < -0.3 is 9.47 Å². The van der Waals surface area contributed by atoms with Crippen molar-refractivity contribution < 1.29 is 14.3 Å². The molecule has 0 fully saturated rings. The molecule has 94 valence electrons. The molecule has 0 saturated carbocycles. The van der Waals surface area contributed by atoms with E-state index in [1.165, 1.54) is 0 Å². The number of carbonyl (C=O) groups excluding carboxylic acids is 1. The zero-order valence-electron chi connectivity index (χ0n) is 9.95. The first kappa shape index (κ1) is 14.0. The number of hydrogen-bond donors (Lipinski definition) is 0. The molecule has 1 rings (SSSR count). The van der Waals surface area contributed by atoms with Crippen LogP contribution in [0.25, 0.3) is 0 Å². The molecule has 0 bridgehead atoms. The SMILES string of the molecule is CCCCOCCOC(=O)c1cccc(Cl)c1. The molecule has 3 nitrogen and oxygen atoms in total. The van der Waals surface area contributed by atoms with Crippen molar-refractivity contribution >= 4 is 17.6 Å². The van der Waals surface area contributed by atoms with Gasteiger partial charge in [0.05, 0.1) is 12.2 Å². The van der Waals surface area contributed by atoms with E-state index in [1.807, 2.05) is 0 Å². The Balaban J connectivity index is 2.21. The second-order valence-electron chi connectivity index (χ2n) is 3.61. The molecular weight excluding hydrogens is 240 g/mol. The van der Waals surface area contributed by atoms with Gasteiger partial charge in [-0.3, -0.25) is 0 Å². The fourth-order valence-corrected chi connectivity index (χ4v) is 1.43. The monoisotopic (exact) mass is 256 g/mol. The summed E-state index contributed by atoms with van der Waals surface area (Å²) in [6.45, 7) is 3.52. The summed E-state index contributed by atoms with van der Waals surface area (Å²) in [6.07, 6.45) is 2.13. The molecule has 0 unspecified atom stereocenters. The molecule has 17 heavy (non-hydrogen) atoms. The van der Waals surface area contributed by atoms with Gasteiger partial charge in [-0.05, 0) is 24.6 Å². The summed E-state index contributed by atoms with van der Waals surface area (Å²) in [5, 5.41) is 0.527. The van der Waals surface area contributed by atoms with Crippen LogP contribution >= 0.6 is 11.6 Å². The fourth-order valence-electron chi connectivity index (χ4n) is 1.24.